The van der Waals surface area contributed by atoms with Crippen LogP contribution in [-0.4, -0.2) is 29.8 Å². The molecular weight excluding hydrogens is 144 g/mol. The molecule has 1 saturated heterocycles. The van der Waals surface area contributed by atoms with Crippen molar-refractivity contribution in [2.45, 2.75) is 19.1 Å². The molecule has 0 atom stereocenters. The van der Waals surface area contributed by atoms with E-state index in [1.807, 2.05) is 0 Å². The summed E-state index contributed by atoms with van der Waals surface area (Å²) in [5.74, 6) is 0.795. The van der Waals surface area contributed by atoms with Crippen molar-refractivity contribution in [2.75, 3.05) is 19.6 Å². The largest absolute Gasteiger partial charge is 0.301 e. The van der Waals surface area contributed by atoms with E-state index in [9.17, 15) is 0 Å². The van der Waals surface area contributed by atoms with Crippen LogP contribution in [0.2, 0.25) is 0 Å². The van der Waals surface area contributed by atoms with E-state index in [4.69, 9.17) is 5.14 Å². The number of nitrogens with zero attached hydrogens (tertiary/aromatic N) is 1. The van der Waals surface area contributed by atoms with Gasteiger partial charge in [-0.15, -0.1) is 0 Å². The molecule has 1 aliphatic rings. The Hall–Kier alpha value is 0.270. The molecule has 2 N–H and O–H groups in total. The fraction of sp³-hybridized carbons (Fsp3) is 1.00. The molecule has 0 radical (unpaired) electrons. The Labute approximate surface area is 67.3 Å². The molecular formula is C7H16N2S. The fourth-order valence-corrected chi connectivity index (χ4v) is 1.87. The Balaban J connectivity index is 2.03. The lowest BCUT2D eigenvalue weighted by Gasteiger charge is -2.38. The third-order valence-electron chi connectivity index (χ3n) is 1.74. The van der Waals surface area contributed by atoms with E-state index < -0.39 is 0 Å². The SMILES string of the molecule is CC(C)CN1CC(SN)C1. The molecule has 1 fully saturated rings. The van der Waals surface area contributed by atoms with Crippen LogP contribution in [0.25, 0.3) is 0 Å². The number of hydrogen-bond acceptors (Lipinski definition) is 3. The lowest BCUT2D eigenvalue weighted by Crippen LogP contribution is -2.50. The number of likely N-dealkylation sites (tertiary alicyclic amines) is 1. The highest BCUT2D eigenvalue weighted by Gasteiger charge is 2.25. The van der Waals surface area contributed by atoms with Gasteiger partial charge in [-0.05, 0) is 5.92 Å². The van der Waals surface area contributed by atoms with Gasteiger partial charge in [0, 0.05) is 24.9 Å². The molecule has 0 unspecified atom stereocenters. The predicted octanol–water partition coefficient (Wildman–Crippen LogP) is 0.934. The van der Waals surface area contributed by atoms with Crippen LogP contribution in [0.5, 0.6) is 0 Å². The normalized spacial score (nSPS) is 21.6. The zero-order valence-corrected chi connectivity index (χ0v) is 7.53. The molecule has 10 heavy (non-hydrogen) atoms. The first-order chi connectivity index (χ1) is 4.72. The summed E-state index contributed by atoms with van der Waals surface area (Å²) in [6.07, 6.45) is 0. The van der Waals surface area contributed by atoms with Gasteiger partial charge in [0.1, 0.15) is 0 Å². The van der Waals surface area contributed by atoms with E-state index in [2.05, 4.69) is 18.7 Å². The van der Waals surface area contributed by atoms with Crippen LogP contribution in [-0.2, 0) is 0 Å². The van der Waals surface area contributed by atoms with Gasteiger partial charge in [0.2, 0.25) is 0 Å². The van der Waals surface area contributed by atoms with Gasteiger partial charge in [0.25, 0.3) is 0 Å². The summed E-state index contributed by atoms with van der Waals surface area (Å²) in [7, 11) is 0. The molecule has 60 valence electrons. The monoisotopic (exact) mass is 160 g/mol. The molecule has 0 amide bonds. The van der Waals surface area contributed by atoms with E-state index in [1.165, 1.54) is 31.6 Å². The summed E-state index contributed by atoms with van der Waals surface area (Å²) < 4.78 is 0. The van der Waals surface area contributed by atoms with Crippen molar-refractivity contribution < 1.29 is 0 Å². The summed E-state index contributed by atoms with van der Waals surface area (Å²) in [5.41, 5.74) is 0. The average molecular weight is 160 g/mol. The van der Waals surface area contributed by atoms with Gasteiger partial charge in [-0.1, -0.05) is 25.8 Å². The molecule has 0 bridgehead atoms. The highest BCUT2D eigenvalue weighted by molar-refractivity contribution is 7.97. The average Bonchev–Trinajstić information content (AvgIpc) is 1.76. The molecule has 0 aliphatic carbocycles. The molecule has 1 aliphatic heterocycles. The Morgan fingerprint density at radius 1 is 1.60 bits per heavy atom. The molecule has 2 nitrogen and oxygen atoms in total. The second-order valence-electron chi connectivity index (χ2n) is 3.37. The van der Waals surface area contributed by atoms with Gasteiger partial charge >= 0.3 is 0 Å². The topological polar surface area (TPSA) is 29.3 Å². The summed E-state index contributed by atoms with van der Waals surface area (Å²) >= 11 is 1.50. The molecule has 0 aromatic rings. The number of hydrogen-bond donors (Lipinski definition) is 1. The van der Waals surface area contributed by atoms with Gasteiger partial charge in [0.05, 0.1) is 0 Å². The molecule has 0 aromatic carbocycles. The Kier molecular flexibility index (Phi) is 3.01. The van der Waals surface area contributed by atoms with Crippen LogP contribution >= 0.6 is 11.9 Å². The molecule has 1 rings (SSSR count). The molecule has 3 heteroatoms. The maximum Gasteiger partial charge on any atom is 0.0445 e. The van der Waals surface area contributed by atoms with Gasteiger partial charge < -0.3 is 4.90 Å². The van der Waals surface area contributed by atoms with Crippen LogP contribution in [0.3, 0.4) is 0 Å². The number of nitrogens with two attached hydrogens (primary N) is 1. The minimum atomic E-state index is 0.707. The minimum absolute atomic E-state index is 0.707. The zero-order valence-electron chi connectivity index (χ0n) is 6.71. The summed E-state index contributed by atoms with van der Waals surface area (Å²) in [6, 6.07) is 0. The van der Waals surface area contributed by atoms with E-state index in [1.54, 1.807) is 0 Å². The van der Waals surface area contributed by atoms with Gasteiger partial charge in [-0.2, -0.15) is 0 Å². The van der Waals surface area contributed by atoms with E-state index >= 15 is 0 Å². The second-order valence-corrected chi connectivity index (χ2v) is 4.31. The third-order valence-corrected chi connectivity index (χ3v) is 2.42. The first-order valence-corrected chi connectivity index (χ1v) is 4.74. The van der Waals surface area contributed by atoms with Gasteiger partial charge in [-0.3, -0.25) is 5.14 Å². The van der Waals surface area contributed by atoms with Crippen molar-refractivity contribution in [3.05, 3.63) is 0 Å². The Bertz CT molecular complexity index is 99.8. The quantitative estimate of drug-likeness (QED) is 0.623. The van der Waals surface area contributed by atoms with Crippen molar-refractivity contribution >= 4 is 11.9 Å². The highest BCUT2D eigenvalue weighted by Crippen LogP contribution is 2.18. The summed E-state index contributed by atoms with van der Waals surface area (Å²) in [6.45, 7) is 8.13. The molecule has 0 spiro atoms. The van der Waals surface area contributed by atoms with E-state index in [0.29, 0.717) is 5.25 Å². The second kappa shape index (κ2) is 3.60. The smallest absolute Gasteiger partial charge is 0.0445 e. The lowest BCUT2D eigenvalue weighted by molar-refractivity contribution is 0.169. The number of rotatable bonds is 3. The van der Waals surface area contributed by atoms with E-state index in [0.717, 1.165) is 5.92 Å². The van der Waals surface area contributed by atoms with E-state index in [-0.39, 0.29) is 0 Å². The highest BCUT2D eigenvalue weighted by atomic mass is 32.2. The standard InChI is InChI=1S/C7H16N2S/c1-6(2)3-9-4-7(5-9)10-8/h6-7H,3-5,8H2,1-2H3. The maximum atomic E-state index is 5.42. The molecule has 0 saturated carbocycles. The summed E-state index contributed by atoms with van der Waals surface area (Å²) in [5, 5.41) is 6.12. The van der Waals surface area contributed by atoms with Crippen molar-refractivity contribution in [2.24, 2.45) is 11.1 Å². The lowest BCUT2D eigenvalue weighted by atomic mass is 10.1. The first kappa shape index (κ1) is 8.37. The molecule has 1 heterocycles. The Morgan fingerprint density at radius 2 is 2.20 bits per heavy atom. The summed E-state index contributed by atoms with van der Waals surface area (Å²) in [4.78, 5) is 2.45. The van der Waals surface area contributed by atoms with Crippen molar-refractivity contribution in [3.63, 3.8) is 0 Å². The maximum absolute atomic E-state index is 5.42. The first-order valence-electron chi connectivity index (χ1n) is 3.80. The van der Waals surface area contributed by atoms with Crippen LogP contribution in [0.1, 0.15) is 13.8 Å². The van der Waals surface area contributed by atoms with Crippen LogP contribution in [0.15, 0.2) is 0 Å². The van der Waals surface area contributed by atoms with Gasteiger partial charge in [-0.25, -0.2) is 0 Å². The van der Waals surface area contributed by atoms with Crippen molar-refractivity contribution in [1.29, 1.82) is 0 Å². The zero-order chi connectivity index (χ0) is 7.56. The van der Waals surface area contributed by atoms with Crippen LogP contribution in [0, 0.1) is 5.92 Å². The fourth-order valence-electron chi connectivity index (χ4n) is 1.27. The van der Waals surface area contributed by atoms with Gasteiger partial charge in [0.15, 0.2) is 0 Å². The van der Waals surface area contributed by atoms with Crippen LogP contribution in [0.4, 0.5) is 0 Å². The van der Waals surface area contributed by atoms with Crippen LogP contribution < -0.4 is 5.14 Å². The third kappa shape index (κ3) is 2.15. The Morgan fingerprint density at radius 3 is 2.60 bits per heavy atom. The minimum Gasteiger partial charge on any atom is -0.301 e. The molecule has 0 aromatic heterocycles. The predicted molar refractivity (Wildman–Crippen MR) is 46.8 cm³/mol. The van der Waals surface area contributed by atoms with Crippen molar-refractivity contribution in [3.8, 4) is 0 Å². The van der Waals surface area contributed by atoms with Crippen molar-refractivity contribution in [1.82, 2.24) is 4.90 Å².